The molecule has 1 heterocycles. The lowest BCUT2D eigenvalue weighted by Gasteiger charge is -2.47. The lowest BCUT2D eigenvalue weighted by molar-refractivity contribution is -0.137. The van der Waals surface area contributed by atoms with Crippen molar-refractivity contribution in [2.45, 2.75) is 52.0 Å². The molecule has 0 bridgehead atoms. The number of nitrogens with zero attached hydrogens (tertiary/aromatic N) is 2. The molecule has 1 aliphatic rings. The molecule has 1 N–H and O–H groups in total. The summed E-state index contributed by atoms with van der Waals surface area (Å²) in [5, 5.41) is 9.29. The summed E-state index contributed by atoms with van der Waals surface area (Å²) in [5.41, 5.74) is 0.168. The van der Waals surface area contributed by atoms with Crippen LogP contribution in [0.4, 0.5) is 18.0 Å². The highest BCUT2D eigenvalue weighted by Gasteiger charge is 2.37. The van der Waals surface area contributed by atoms with E-state index in [4.69, 9.17) is 0 Å². The van der Waals surface area contributed by atoms with Gasteiger partial charge in [0.05, 0.1) is 5.56 Å². The Hall–Kier alpha value is -1.76. The van der Waals surface area contributed by atoms with Crippen molar-refractivity contribution in [2.75, 3.05) is 13.1 Å². The zero-order chi connectivity index (χ0) is 18.9. The van der Waals surface area contributed by atoms with Crippen LogP contribution in [-0.2, 0) is 6.18 Å². The summed E-state index contributed by atoms with van der Waals surface area (Å²) in [6, 6.07) is 5.07. The second kappa shape index (κ2) is 7.23. The van der Waals surface area contributed by atoms with Crippen molar-refractivity contribution < 1.29 is 23.1 Å². The molecule has 0 radical (unpaired) electrons. The third-order valence-electron chi connectivity index (χ3n) is 4.85. The van der Waals surface area contributed by atoms with Gasteiger partial charge in [-0.15, -0.1) is 0 Å². The minimum Gasteiger partial charge on any atom is -0.465 e. The fourth-order valence-corrected chi connectivity index (χ4v) is 3.64. The van der Waals surface area contributed by atoms with Gasteiger partial charge in [-0.1, -0.05) is 26.0 Å². The van der Waals surface area contributed by atoms with Gasteiger partial charge in [0.2, 0.25) is 0 Å². The SMILES string of the molecule is CC(C)C(c1ccc(C(F)(F)F)cc1)N1C[C@H](C)N(C(=O)O)C[C@H]1C. The van der Waals surface area contributed by atoms with Gasteiger partial charge in [0.25, 0.3) is 0 Å². The van der Waals surface area contributed by atoms with E-state index >= 15 is 0 Å². The summed E-state index contributed by atoms with van der Waals surface area (Å²) >= 11 is 0. The Labute approximate surface area is 146 Å². The van der Waals surface area contributed by atoms with Crippen molar-refractivity contribution in [3.05, 3.63) is 35.4 Å². The number of alkyl halides is 3. The average molecular weight is 358 g/mol. The number of rotatable bonds is 3. The maximum Gasteiger partial charge on any atom is 0.416 e. The Morgan fingerprint density at radius 3 is 2.12 bits per heavy atom. The Morgan fingerprint density at radius 1 is 1.12 bits per heavy atom. The van der Waals surface area contributed by atoms with Crippen molar-refractivity contribution >= 4 is 6.09 Å². The van der Waals surface area contributed by atoms with Gasteiger partial charge in [-0.05, 0) is 37.5 Å². The summed E-state index contributed by atoms with van der Waals surface area (Å²) in [6.07, 6.45) is -5.28. The Bertz CT molecular complexity index is 601. The van der Waals surface area contributed by atoms with E-state index in [9.17, 15) is 23.1 Å². The van der Waals surface area contributed by atoms with E-state index in [-0.39, 0.29) is 24.0 Å². The molecule has 0 saturated carbocycles. The topological polar surface area (TPSA) is 43.8 Å². The summed E-state index contributed by atoms with van der Waals surface area (Å²) in [6.45, 7) is 8.82. The summed E-state index contributed by atoms with van der Waals surface area (Å²) in [5.74, 6) is 0.183. The molecule has 4 nitrogen and oxygen atoms in total. The van der Waals surface area contributed by atoms with Crippen molar-refractivity contribution in [3.63, 3.8) is 0 Å². The predicted molar refractivity (Wildman–Crippen MR) is 89.4 cm³/mol. The van der Waals surface area contributed by atoms with Crippen LogP contribution in [0.15, 0.2) is 24.3 Å². The molecule has 1 amide bonds. The second-order valence-corrected chi connectivity index (χ2v) is 7.14. The first-order chi connectivity index (χ1) is 11.5. The van der Waals surface area contributed by atoms with Gasteiger partial charge >= 0.3 is 12.3 Å². The number of hydrogen-bond acceptors (Lipinski definition) is 2. The molecule has 0 spiro atoms. The Morgan fingerprint density at radius 2 is 1.68 bits per heavy atom. The van der Waals surface area contributed by atoms with Gasteiger partial charge in [-0.3, -0.25) is 4.90 Å². The molecule has 1 fully saturated rings. The quantitative estimate of drug-likeness (QED) is 0.867. The molecule has 1 aromatic carbocycles. The minimum atomic E-state index is -4.35. The van der Waals surface area contributed by atoms with Crippen LogP contribution in [0.25, 0.3) is 0 Å². The summed E-state index contributed by atoms with van der Waals surface area (Å²) in [7, 11) is 0. The number of carbonyl (C=O) groups is 1. The molecule has 2 rings (SSSR count). The van der Waals surface area contributed by atoms with E-state index in [0.717, 1.165) is 17.7 Å². The van der Waals surface area contributed by atoms with Crippen LogP contribution in [0.1, 0.15) is 44.9 Å². The van der Waals surface area contributed by atoms with Gasteiger partial charge in [-0.2, -0.15) is 13.2 Å². The molecule has 3 atom stereocenters. The van der Waals surface area contributed by atoms with E-state index in [1.54, 1.807) is 0 Å². The average Bonchev–Trinajstić information content (AvgIpc) is 2.49. The largest absolute Gasteiger partial charge is 0.465 e. The number of benzene rings is 1. The highest BCUT2D eigenvalue weighted by Crippen LogP contribution is 2.35. The third kappa shape index (κ3) is 4.26. The summed E-state index contributed by atoms with van der Waals surface area (Å²) in [4.78, 5) is 15.0. The molecule has 1 saturated heterocycles. The normalized spacial score (nSPS) is 23.8. The van der Waals surface area contributed by atoms with E-state index in [0.29, 0.717) is 13.1 Å². The highest BCUT2D eigenvalue weighted by molar-refractivity contribution is 5.65. The lowest BCUT2D eigenvalue weighted by Crippen LogP contribution is -2.59. The van der Waals surface area contributed by atoms with Crippen molar-refractivity contribution in [1.82, 2.24) is 9.80 Å². The molecule has 140 valence electrons. The number of hydrogen-bond donors (Lipinski definition) is 1. The van der Waals surface area contributed by atoms with Crippen molar-refractivity contribution in [3.8, 4) is 0 Å². The fraction of sp³-hybridized carbons (Fsp3) is 0.611. The van der Waals surface area contributed by atoms with Crippen LogP contribution in [0, 0.1) is 5.92 Å². The van der Waals surface area contributed by atoms with Crippen LogP contribution >= 0.6 is 0 Å². The van der Waals surface area contributed by atoms with Gasteiger partial charge in [0.15, 0.2) is 0 Å². The minimum absolute atomic E-state index is 0.0120. The molecule has 0 aliphatic carbocycles. The number of piperazine rings is 1. The molecule has 1 aliphatic heterocycles. The van der Waals surface area contributed by atoms with Gasteiger partial charge < -0.3 is 10.0 Å². The Balaban J connectivity index is 2.28. The third-order valence-corrected chi connectivity index (χ3v) is 4.85. The number of carboxylic acid groups (broad SMARTS) is 1. The maximum absolute atomic E-state index is 12.8. The van der Waals surface area contributed by atoms with Crippen LogP contribution in [-0.4, -0.2) is 46.2 Å². The molecule has 0 aromatic heterocycles. The lowest BCUT2D eigenvalue weighted by atomic mass is 9.91. The van der Waals surface area contributed by atoms with Gasteiger partial charge in [0.1, 0.15) is 0 Å². The first-order valence-electron chi connectivity index (χ1n) is 8.44. The Kier molecular flexibility index (Phi) is 5.66. The van der Waals surface area contributed by atoms with Gasteiger partial charge in [-0.25, -0.2) is 4.79 Å². The molecule has 1 aromatic rings. The van der Waals surface area contributed by atoms with E-state index in [1.165, 1.54) is 17.0 Å². The van der Waals surface area contributed by atoms with Crippen molar-refractivity contribution in [1.29, 1.82) is 0 Å². The summed E-state index contributed by atoms with van der Waals surface area (Å²) < 4.78 is 38.4. The maximum atomic E-state index is 12.8. The van der Waals surface area contributed by atoms with E-state index in [1.807, 2.05) is 27.7 Å². The first-order valence-corrected chi connectivity index (χ1v) is 8.44. The van der Waals surface area contributed by atoms with Crippen LogP contribution < -0.4 is 0 Å². The smallest absolute Gasteiger partial charge is 0.416 e. The molecule has 7 heteroatoms. The number of halogens is 3. The van der Waals surface area contributed by atoms with Gasteiger partial charge in [0, 0.05) is 31.2 Å². The van der Waals surface area contributed by atoms with Crippen molar-refractivity contribution in [2.24, 2.45) is 5.92 Å². The molecule has 1 unspecified atom stereocenters. The van der Waals surface area contributed by atoms with Crippen LogP contribution in [0.3, 0.4) is 0 Å². The monoisotopic (exact) mass is 358 g/mol. The van der Waals surface area contributed by atoms with E-state index in [2.05, 4.69) is 4.90 Å². The number of amides is 1. The van der Waals surface area contributed by atoms with Crippen LogP contribution in [0.2, 0.25) is 0 Å². The zero-order valence-electron chi connectivity index (χ0n) is 14.9. The predicted octanol–water partition coefficient (Wildman–Crippen LogP) is 4.48. The van der Waals surface area contributed by atoms with E-state index < -0.39 is 17.8 Å². The first kappa shape index (κ1) is 19.6. The standard InChI is InChI=1S/C18H25F3N2O2/c1-11(2)16(14-5-7-15(8-6-14)18(19,20)21)22-9-13(4)23(17(24)25)10-12(22)3/h5-8,11-13,16H,9-10H2,1-4H3,(H,24,25)/t12-,13+,16?/m1/s1. The van der Waals surface area contributed by atoms with Crippen LogP contribution in [0.5, 0.6) is 0 Å². The highest BCUT2D eigenvalue weighted by atomic mass is 19.4. The molecule has 25 heavy (non-hydrogen) atoms. The zero-order valence-corrected chi connectivity index (χ0v) is 14.9. The molecular formula is C18H25F3N2O2. The fourth-order valence-electron chi connectivity index (χ4n) is 3.64. The second-order valence-electron chi connectivity index (χ2n) is 7.14. The molecular weight excluding hydrogens is 333 g/mol.